The van der Waals surface area contributed by atoms with Gasteiger partial charge < -0.3 is 0 Å². The van der Waals surface area contributed by atoms with Gasteiger partial charge in [-0.3, -0.25) is 13.3 Å². The fourth-order valence-electron chi connectivity index (χ4n) is 4.28. The van der Waals surface area contributed by atoms with Gasteiger partial charge in [-0.2, -0.15) is 0 Å². The van der Waals surface area contributed by atoms with Crippen molar-refractivity contribution in [2.24, 2.45) is 0 Å². The van der Waals surface area contributed by atoms with Gasteiger partial charge in [-0.25, -0.2) is 0 Å². The normalized spacial score (nSPS) is 21.0. The lowest BCUT2D eigenvalue weighted by molar-refractivity contribution is 1.30. The predicted molar refractivity (Wildman–Crippen MR) is 163 cm³/mol. The zero-order valence-electron chi connectivity index (χ0n) is 19.5. The molecule has 174 valence electrons. The second kappa shape index (κ2) is 10.4. The number of aryl methyl sites for hydroxylation is 6. The highest BCUT2D eigenvalue weighted by atomic mass is 79.9. The second-order valence-electron chi connectivity index (χ2n) is 8.31. The van der Waals surface area contributed by atoms with Crippen LogP contribution in [0.4, 0.5) is 17.1 Å². The number of benzene rings is 3. The topological polar surface area (TPSA) is 9.72 Å². The first-order chi connectivity index (χ1) is 15.6. The van der Waals surface area contributed by atoms with Crippen molar-refractivity contribution in [2.75, 3.05) is 13.3 Å². The van der Waals surface area contributed by atoms with Crippen LogP contribution in [0.15, 0.2) is 54.6 Å². The molecular weight excluding hydrogens is 663 g/mol. The number of rotatable bonds is 3. The first-order valence-corrected chi connectivity index (χ1v) is 20.4. The summed E-state index contributed by atoms with van der Waals surface area (Å²) in [5, 5.41) is 0. The van der Waals surface area contributed by atoms with E-state index in [1.807, 2.05) is 0 Å². The molecule has 0 radical (unpaired) electrons. The molecule has 1 aliphatic rings. The summed E-state index contributed by atoms with van der Waals surface area (Å²) in [6.07, 6.45) is 0. The minimum atomic E-state index is -0.849. The third-order valence-corrected chi connectivity index (χ3v) is 22.1. The summed E-state index contributed by atoms with van der Waals surface area (Å²) in [4.78, 5) is 0. The van der Waals surface area contributed by atoms with Gasteiger partial charge in [0, 0.05) is 0 Å². The molecule has 1 saturated heterocycles. The number of hydrogen-bond acceptors (Lipinski definition) is 3. The lowest BCUT2D eigenvalue weighted by atomic mass is 10.1. The summed E-state index contributed by atoms with van der Waals surface area (Å²) in [6, 6.07) is 19.7. The average molecular weight is 690 g/mol. The summed E-state index contributed by atoms with van der Waals surface area (Å²) >= 11 is 12.6. The Morgan fingerprint density at radius 3 is 0.788 bits per heavy atom. The zero-order valence-corrected chi connectivity index (χ0v) is 27.0. The second-order valence-corrected chi connectivity index (χ2v) is 18.8. The largest absolute Gasteiger partial charge is 0.276 e. The van der Waals surface area contributed by atoms with E-state index in [0.717, 1.165) is 0 Å². The molecule has 0 aliphatic carbocycles. The molecule has 3 aromatic carbocycles. The van der Waals surface area contributed by atoms with E-state index in [0.29, 0.717) is 0 Å². The number of anilines is 3. The van der Waals surface area contributed by atoms with Crippen LogP contribution in [0.1, 0.15) is 33.4 Å². The van der Waals surface area contributed by atoms with E-state index < -0.39 is 20.8 Å². The molecule has 0 unspecified atom stereocenters. The summed E-state index contributed by atoms with van der Waals surface area (Å²) in [5.74, 6) is 0. The molecule has 0 aromatic heterocycles. The van der Waals surface area contributed by atoms with E-state index in [9.17, 15) is 0 Å². The molecule has 0 atom stereocenters. The third kappa shape index (κ3) is 4.66. The van der Waals surface area contributed by atoms with Gasteiger partial charge in [-0.15, -0.1) is 0 Å². The lowest BCUT2D eigenvalue weighted by Gasteiger charge is -2.54. The number of halogens is 3. The summed E-state index contributed by atoms with van der Waals surface area (Å²) in [6.45, 7) is 10.7. The van der Waals surface area contributed by atoms with Crippen LogP contribution in [0.2, 0.25) is 0 Å². The fourth-order valence-corrected chi connectivity index (χ4v) is 26.4. The van der Waals surface area contributed by atoms with Gasteiger partial charge in [-0.05, 0) is 121 Å². The molecule has 0 N–H and O–H groups in total. The SMILES string of the molecule is Cc1cccc(C)c1N1P(Br)N(c2c(C)cccc2C)P(Br)N(c2c(C)cccc2C)P1Br. The quantitative estimate of drug-likeness (QED) is 0.254. The Labute approximate surface area is 225 Å². The van der Waals surface area contributed by atoms with Crippen LogP contribution in [-0.4, -0.2) is 0 Å². The zero-order chi connectivity index (χ0) is 24.0. The summed E-state index contributed by atoms with van der Waals surface area (Å²) < 4.78 is 7.73. The highest BCUT2D eigenvalue weighted by molar-refractivity contribution is 9.46. The summed E-state index contributed by atoms with van der Waals surface area (Å²) in [7, 11) is 0. The smallest absolute Gasteiger partial charge is 0.180 e. The van der Waals surface area contributed by atoms with Gasteiger partial charge in [0.05, 0.1) is 17.1 Å². The Morgan fingerprint density at radius 1 is 0.424 bits per heavy atom. The van der Waals surface area contributed by atoms with Crippen molar-refractivity contribution in [3.8, 4) is 0 Å². The van der Waals surface area contributed by atoms with Crippen molar-refractivity contribution in [3.05, 3.63) is 88.0 Å². The molecule has 0 spiro atoms. The van der Waals surface area contributed by atoms with Gasteiger partial charge in [-0.1, -0.05) is 54.6 Å². The maximum Gasteiger partial charge on any atom is 0.180 e. The summed E-state index contributed by atoms with van der Waals surface area (Å²) in [5.41, 5.74) is 11.6. The lowest BCUT2D eigenvalue weighted by Crippen LogP contribution is -2.33. The van der Waals surface area contributed by atoms with Gasteiger partial charge in [0.15, 0.2) is 20.8 Å². The van der Waals surface area contributed by atoms with E-state index in [1.54, 1.807) is 0 Å². The van der Waals surface area contributed by atoms with Crippen molar-refractivity contribution < 1.29 is 0 Å². The van der Waals surface area contributed by atoms with Gasteiger partial charge in [0.2, 0.25) is 0 Å². The van der Waals surface area contributed by atoms with Crippen LogP contribution < -0.4 is 13.3 Å². The van der Waals surface area contributed by atoms with Crippen molar-refractivity contribution >= 4 is 84.3 Å². The first-order valence-electron chi connectivity index (χ1n) is 10.6. The minimum Gasteiger partial charge on any atom is -0.276 e. The standard InChI is InChI=1S/C24H27Br3N3P3/c1-16-10-7-11-17(2)22(16)28-31(25)29(23-18(3)12-8-13-19(23)4)33(27)30(32(28)26)24-20(5)14-9-15-21(24)6/h7-15H,1-6H3. The first kappa shape index (κ1) is 25.9. The molecule has 3 aromatic rings. The highest BCUT2D eigenvalue weighted by Gasteiger charge is 2.48. The Hall–Kier alpha value is -0.210. The van der Waals surface area contributed by atoms with E-state index in [2.05, 4.69) is 156 Å². The molecular formula is C24H27Br3N3P3. The maximum absolute atomic E-state index is 4.21. The number of para-hydroxylation sites is 3. The predicted octanol–water partition coefficient (Wildman–Crippen LogP) is 11.2. The molecule has 1 aliphatic heterocycles. The molecule has 1 fully saturated rings. The van der Waals surface area contributed by atoms with Crippen molar-refractivity contribution in [1.82, 2.24) is 0 Å². The van der Waals surface area contributed by atoms with Crippen LogP contribution in [0.5, 0.6) is 0 Å². The Kier molecular flexibility index (Phi) is 8.17. The molecule has 0 amide bonds. The monoisotopic (exact) mass is 687 g/mol. The van der Waals surface area contributed by atoms with Crippen LogP contribution in [-0.2, 0) is 0 Å². The maximum atomic E-state index is 4.21. The van der Waals surface area contributed by atoms with Crippen molar-refractivity contribution in [3.63, 3.8) is 0 Å². The molecule has 3 nitrogen and oxygen atoms in total. The number of nitrogens with zero attached hydrogens (tertiary/aromatic N) is 3. The van der Waals surface area contributed by atoms with Crippen LogP contribution in [0.25, 0.3) is 0 Å². The minimum absolute atomic E-state index is 0.849. The Balaban J connectivity index is 1.99. The molecule has 0 saturated carbocycles. The molecule has 1 heterocycles. The Morgan fingerprint density at radius 2 is 0.606 bits per heavy atom. The van der Waals surface area contributed by atoms with E-state index in [1.165, 1.54) is 50.4 Å². The molecule has 33 heavy (non-hydrogen) atoms. The van der Waals surface area contributed by atoms with Gasteiger partial charge >= 0.3 is 0 Å². The van der Waals surface area contributed by atoms with Gasteiger partial charge in [0.25, 0.3) is 0 Å². The van der Waals surface area contributed by atoms with Crippen LogP contribution in [0.3, 0.4) is 0 Å². The third-order valence-electron chi connectivity index (χ3n) is 5.86. The molecule has 0 bridgehead atoms. The molecule has 9 heteroatoms. The van der Waals surface area contributed by atoms with Crippen molar-refractivity contribution in [1.29, 1.82) is 0 Å². The average Bonchev–Trinajstić information content (AvgIpc) is 2.74. The van der Waals surface area contributed by atoms with E-state index in [4.69, 9.17) is 0 Å². The molecule has 4 rings (SSSR count). The van der Waals surface area contributed by atoms with Crippen LogP contribution >= 0.6 is 67.2 Å². The van der Waals surface area contributed by atoms with E-state index in [-0.39, 0.29) is 0 Å². The van der Waals surface area contributed by atoms with Crippen molar-refractivity contribution in [2.45, 2.75) is 41.5 Å². The highest BCUT2D eigenvalue weighted by Crippen LogP contribution is 2.85. The fraction of sp³-hybridized carbons (Fsp3) is 0.250. The van der Waals surface area contributed by atoms with Gasteiger partial charge in [0.1, 0.15) is 0 Å². The van der Waals surface area contributed by atoms with Crippen LogP contribution in [0, 0.1) is 41.5 Å². The number of hydrogen-bond donors (Lipinski definition) is 0. The Bertz CT molecular complexity index is 974. The van der Waals surface area contributed by atoms with E-state index >= 15 is 0 Å².